The zero-order chi connectivity index (χ0) is 12.7. The molecule has 0 fully saturated rings. The number of ether oxygens (including phenoxy) is 1. The van der Waals surface area contributed by atoms with E-state index in [0.29, 0.717) is 21.8 Å². The number of halogens is 1. The summed E-state index contributed by atoms with van der Waals surface area (Å²) in [4.78, 5) is 19.6. The summed E-state index contributed by atoms with van der Waals surface area (Å²) in [5.74, 6) is -0.719. The van der Waals surface area contributed by atoms with Crippen molar-refractivity contribution in [3.8, 4) is 0 Å². The molecule has 6 heteroatoms. The van der Waals surface area contributed by atoms with E-state index in [4.69, 9.17) is 16.0 Å². The van der Waals surface area contributed by atoms with Gasteiger partial charge >= 0.3 is 11.9 Å². The number of rotatable bonds is 1. The van der Waals surface area contributed by atoms with Gasteiger partial charge in [-0.1, -0.05) is 17.7 Å². The van der Waals surface area contributed by atoms with Crippen molar-refractivity contribution < 1.29 is 13.9 Å². The Bertz CT molecular complexity index is 766. The lowest BCUT2D eigenvalue weighted by atomic mass is 10.2. The first-order valence-corrected chi connectivity index (χ1v) is 5.51. The maximum Gasteiger partial charge on any atom is 0.394 e. The summed E-state index contributed by atoms with van der Waals surface area (Å²) >= 11 is 5.85. The second kappa shape index (κ2) is 3.96. The molecule has 0 radical (unpaired) electrons. The van der Waals surface area contributed by atoms with Crippen LogP contribution in [-0.4, -0.2) is 23.0 Å². The van der Waals surface area contributed by atoms with E-state index in [1.165, 1.54) is 7.11 Å². The SMILES string of the molecule is COC(=O)c1nc2ccc3ccc(Cl)nc3c2o1. The molecule has 18 heavy (non-hydrogen) atoms. The third-order valence-electron chi connectivity index (χ3n) is 2.54. The number of pyridine rings is 1. The van der Waals surface area contributed by atoms with Crippen LogP contribution in [-0.2, 0) is 4.74 Å². The van der Waals surface area contributed by atoms with Gasteiger partial charge in [0.05, 0.1) is 7.11 Å². The van der Waals surface area contributed by atoms with Crippen LogP contribution in [0.4, 0.5) is 0 Å². The quantitative estimate of drug-likeness (QED) is 0.498. The second-order valence-electron chi connectivity index (χ2n) is 3.63. The Morgan fingerprint density at radius 1 is 1.28 bits per heavy atom. The fourth-order valence-corrected chi connectivity index (χ4v) is 1.87. The minimum atomic E-state index is -0.624. The molecule has 3 rings (SSSR count). The van der Waals surface area contributed by atoms with E-state index in [2.05, 4.69) is 14.7 Å². The van der Waals surface area contributed by atoms with E-state index in [-0.39, 0.29) is 5.89 Å². The molecule has 0 amide bonds. The van der Waals surface area contributed by atoms with E-state index >= 15 is 0 Å². The van der Waals surface area contributed by atoms with Crippen molar-refractivity contribution in [3.05, 3.63) is 35.3 Å². The average Bonchev–Trinajstić information content (AvgIpc) is 2.82. The molecule has 0 N–H and O–H groups in total. The minimum Gasteiger partial charge on any atom is -0.462 e. The van der Waals surface area contributed by atoms with Gasteiger partial charge in [-0.05, 0) is 18.2 Å². The predicted molar refractivity (Wildman–Crippen MR) is 65.7 cm³/mol. The number of carbonyl (C=O) groups excluding carboxylic acids is 1. The first-order chi connectivity index (χ1) is 8.69. The van der Waals surface area contributed by atoms with E-state index in [9.17, 15) is 4.79 Å². The molecule has 5 nitrogen and oxygen atoms in total. The van der Waals surface area contributed by atoms with Gasteiger partial charge in [-0.15, -0.1) is 0 Å². The van der Waals surface area contributed by atoms with Crippen molar-refractivity contribution in [1.29, 1.82) is 0 Å². The smallest absolute Gasteiger partial charge is 0.394 e. The molecule has 0 aliphatic heterocycles. The number of methoxy groups -OCH3 is 1. The van der Waals surface area contributed by atoms with Crippen LogP contribution in [0.3, 0.4) is 0 Å². The van der Waals surface area contributed by atoms with Crippen molar-refractivity contribution >= 4 is 39.6 Å². The topological polar surface area (TPSA) is 65.2 Å². The van der Waals surface area contributed by atoms with Crippen molar-refractivity contribution in [1.82, 2.24) is 9.97 Å². The highest BCUT2D eigenvalue weighted by Crippen LogP contribution is 2.26. The Balaban J connectivity index is 2.35. The summed E-state index contributed by atoms with van der Waals surface area (Å²) in [6.07, 6.45) is 0. The van der Waals surface area contributed by atoms with Crippen LogP contribution in [0.1, 0.15) is 10.7 Å². The van der Waals surface area contributed by atoms with Crippen molar-refractivity contribution in [2.75, 3.05) is 7.11 Å². The fourth-order valence-electron chi connectivity index (χ4n) is 1.72. The Kier molecular flexibility index (Phi) is 2.41. The summed E-state index contributed by atoms with van der Waals surface area (Å²) in [6, 6.07) is 7.10. The first kappa shape index (κ1) is 11.0. The highest BCUT2D eigenvalue weighted by molar-refractivity contribution is 6.30. The zero-order valence-electron chi connectivity index (χ0n) is 9.31. The van der Waals surface area contributed by atoms with Gasteiger partial charge in [0.15, 0.2) is 5.58 Å². The number of nitrogens with zero attached hydrogens (tertiary/aromatic N) is 2. The second-order valence-corrected chi connectivity index (χ2v) is 4.02. The molecule has 0 aliphatic rings. The molecule has 2 aromatic heterocycles. The maximum atomic E-state index is 11.4. The van der Waals surface area contributed by atoms with E-state index in [0.717, 1.165) is 5.39 Å². The number of esters is 1. The standard InChI is InChI=1S/C12H7ClN2O3/c1-17-12(16)11-14-7-4-2-6-3-5-8(13)15-9(6)10(7)18-11/h2-5H,1H3. The fraction of sp³-hybridized carbons (Fsp3) is 0.0833. The normalized spacial score (nSPS) is 11.0. The molecule has 0 spiro atoms. The van der Waals surface area contributed by atoms with Crippen LogP contribution < -0.4 is 0 Å². The molecule has 0 bridgehead atoms. The number of oxazole rings is 1. The number of hydrogen-bond acceptors (Lipinski definition) is 5. The minimum absolute atomic E-state index is 0.0956. The summed E-state index contributed by atoms with van der Waals surface area (Å²) in [5, 5.41) is 1.21. The van der Waals surface area contributed by atoms with Crippen LogP contribution in [0.5, 0.6) is 0 Å². The molecule has 0 atom stereocenters. The number of benzene rings is 1. The van der Waals surface area contributed by atoms with Crippen LogP contribution in [0.2, 0.25) is 5.15 Å². The summed E-state index contributed by atoms with van der Waals surface area (Å²) in [5.41, 5.74) is 1.54. The van der Waals surface area contributed by atoms with Crippen LogP contribution in [0, 0.1) is 0 Å². The van der Waals surface area contributed by atoms with Gasteiger partial charge in [-0.3, -0.25) is 0 Å². The Labute approximate surface area is 106 Å². The molecular weight excluding hydrogens is 256 g/mol. The summed E-state index contributed by atoms with van der Waals surface area (Å²) in [7, 11) is 1.27. The highest BCUT2D eigenvalue weighted by Gasteiger charge is 2.16. The maximum absolute atomic E-state index is 11.4. The molecule has 1 aromatic carbocycles. The highest BCUT2D eigenvalue weighted by atomic mass is 35.5. The molecular formula is C12H7ClN2O3. The molecule has 0 saturated heterocycles. The average molecular weight is 263 g/mol. The van der Waals surface area contributed by atoms with Gasteiger partial charge in [-0.2, -0.15) is 0 Å². The lowest BCUT2D eigenvalue weighted by Crippen LogP contribution is -2.00. The third-order valence-corrected chi connectivity index (χ3v) is 2.75. The van der Waals surface area contributed by atoms with Crippen molar-refractivity contribution in [2.24, 2.45) is 0 Å². The van der Waals surface area contributed by atoms with Crippen LogP contribution >= 0.6 is 11.6 Å². The number of aromatic nitrogens is 2. The number of fused-ring (bicyclic) bond motifs is 3. The molecule has 2 heterocycles. The molecule has 0 aliphatic carbocycles. The third kappa shape index (κ3) is 1.60. The van der Waals surface area contributed by atoms with Gasteiger partial charge in [0.1, 0.15) is 16.2 Å². The van der Waals surface area contributed by atoms with Crippen LogP contribution in [0.25, 0.3) is 22.0 Å². The number of hydrogen-bond donors (Lipinski definition) is 0. The lowest BCUT2D eigenvalue weighted by Gasteiger charge is -1.97. The monoisotopic (exact) mass is 262 g/mol. The Morgan fingerprint density at radius 3 is 2.83 bits per heavy atom. The summed E-state index contributed by atoms with van der Waals surface area (Å²) in [6.45, 7) is 0. The van der Waals surface area contributed by atoms with Crippen LogP contribution in [0.15, 0.2) is 28.7 Å². The van der Waals surface area contributed by atoms with Crippen molar-refractivity contribution in [3.63, 3.8) is 0 Å². The Morgan fingerprint density at radius 2 is 2.06 bits per heavy atom. The Hall–Kier alpha value is -2.14. The van der Waals surface area contributed by atoms with E-state index in [1.54, 1.807) is 12.1 Å². The molecule has 90 valence electrons. The van der Waals surface area contributed by atoms with Gasteiger partial charge in [0, 0.05) is 5.39 Å². The molecule has 0 unspecified atom stereocenters. The number of carbonyl (C=O) groups is 1. The van der Waals surface area contributed by atoms with E-state index in [1.807, 2.05) is 12.1 Å². The largest absolute Gasteiger partial charge is 0.462 e. The van der Waals surface area contributed by atoms with Gasteiger partial charge in [-0.25, -0.2) is 14.8 Å². The first-order valence-electron chi connectivity index (χ1n) is 5.13. The van der Waals surface area contributed by atoms with Crippen molar-refractivity contribution in [2.45, 2.75) is 0 Å². The predicted octanol–water partition coefficient (Wildman–Crippen LogP) is 2.82. The van der Waals surface area contributed by atoms with Gasteiger partial charge in [0.2, 0.25) is 0 Å². The lowest BCUT2D eigenvalue weighted by molar-refractivity contribution is 0.0559. The molecule has 0 saturated carbocycles. The van der Waals surface area contributed by atoms with Gasteiger partial charge in [0.25, 0.3) is 0 Å². The zero-order valence-corrected chi connectivity index (χ0v) is 10.1. The summed E-state index contributed by atoms with van der Waals surface area (Å²) < 4.78 is 9.94. The molecule has 3 aromatic rings. The van der Waals surface area contributed by atoms with Gasteiger partial charge < -0.3 is 9.15 Å². The van der Waals surface area contributed by atoms with E-state index < -0.39 is 5.97 Å².